The van der Waals surface area contributed by atoms with E-state index in [0.29, 0.717) is 5.56 Å². The van der Waals surface area contributed by atoms with Gasteiger partial charge in [-0.3, -0.25) is 14.6 Å². The highest BCUT2D eigenvalue weighted by molar-refractivity contribution is 5.87. The molecule has 23 heavy (non-hydrogen) atoms. The van der Waals surface area contributed by atoms with Gasteiger partial charge in [-0.15, -0.1) is 5.10 Å². The maximum Gasteiger partial charge on any atom is 0.342 e. The number of aromatic nitrogens is 3. The Morgan fingerprint density at radius 3 is 2.83 bits per heavy atom. The van der Waals surface area contributed by atoms with E-state index in [2.05, 4.69) is 20.9 Å². The molecule has 1 heterocycles. The number of hydrogen-bond donors (Lipinski definition) is 5. The Balaban J connectivity index is 1.96. The van der Waals surface area contributed by atoms with Crippen LogP contribution in [0.1, 0.15) is 12.5 Å². The molecule has 1 amide bonds. The number of carbonyl (C=O) groups is 1. The Morgan fingerprint density at radius 1 is 1.39 bits per heavy atom. The SMILES string of the molecule is C[C@@H](Nc1n[nH]c(=O)[nH]c1=O)C(=O)N/N=C\c1ccccc1O. The third-order valence-electron chi connectivity index (χ3n) is 2.77. The van der Waals surface area contributed by atoms with Gasteiger partial charge in [0.05, 0.1) is 6.21 Å². The van der Waals surface area contributed by atoms with Crippen LogP contribution >= 0.6 is 0 Å². The van der Waals surface area contributed by atoms with E-state index in [1.54, 1.807) is 18.2 Å². The van der Waals surface area contributed by atoms with Crippen molar-refractivity contribution < 1.29 is 9.90 Å². The molecular weight excluding hydrogens is 304 g/mol. The van der Waals surface area contributed by atoms with Crippen LogP contribution < -0.4 is 22.0 Å². The fraction of sp³-hybridized carbons (Fsp3) is 0.154. The summed E-state index contributed by atoms with van der Waals surface area (Å²) in [6.07, 6.45) is 1.28. The van der Waals surface area contributed by atoms with E-state index in [1.807, 2.05) is 10.1 Å². The van der Waals surface area contributed by atoms with Crippen molar-refractivity contribution in [3.63, 3.8) is 0 Å². The molecule has 0 unspecified atom stereocenters. The fourth-order valence-corrected chi connectivity index (χ4v) is 1.58. The van der Waals surface area contributed by atoms with Gasteiger partial charge in [0.2, 0.25) is 5.82 Å². The summed E-state index contributed by atoms with van der Waals surface area (Å²) in [6.45, 7) is 1.48. The van der Waals surface area contributed by atoms with Gasteiger partial charge < -0.3 is 10.4 Å². The van der Waals surface area contributed by atoms with Gasteiger partial charge >= 0.3 is 5.69 Å². The number of phenolic OH excluding ortho intramolecular Hbond substituents is 1. The molecule has 1 aromatic heterocycles. The molecule has 0 aliphatic rings. The maximum atomic E-state index is 11.8. The Labute approximate surface area is 129 Å². The number of carbonyl (C=O) groups excluding carboxylic acids is 1. The van der Waals surface area contributed by atoms with Crippen LogP contribution in [0.4, 0.5) is 5.82 Å². The van der Waals surface area contributed by atoms with E-state index in [4.69, 9.17) is 0 Å². The molecule has 0 fully saturated rings. The molecule has 0 saturated heterocycles. The first-order valence-corrected chi connectivity index (χ1v) is 6.54. The van der Waals surface area contributed by atoms with E-state index >= 15 is 0 Å². The number of rotatable bonds is 5. The lowest BCUT2D eigenvalue weighted by molar-refractivity contribution is -0.121. The number of anilines is 1. The normalized spacial score (nSPS) is 12.0. The van der Waals surface area contributed by atoms with Crippen molar-refractivity contribution in [2.45, 2.75) is 13.0 Å². The first-order valence-electron chi connectivity index (χ1n) is 6.54. The monoisotopic (exact) mass is 318 g/mol. The molecule has 2 aromatic rings. The summed E-state index contributed by atoms with van der Waals surface area (Å²) in [5.74, 6) is -0.707. The molecular formula is C13H14N6O4. The summed E-state index contributed by atoms with van der Waals surface area (Å²) >= 11 is 0. The molecule has 5 N–H and O–H groups in total. The smallest absolute Gasteiger partial charge is 0.342 e. The molecule has 1 atom stereocenters. The lowest BCUT2D eigenvalue weighted by Gasteiger charge is -2.11. The van der Waals surface area contributed by atoms with Crippen molar-refractivity contribution in [1.82, 2.24) is 20.6 Å². The quantitative estimate of drug-likeness (QED) is 0.356. The summed E-state index contributed by atoms with van der Waals surface area (Å²) in [6, 6.07) is 5.64. The largest absolute Gasteiger partial charge is 0.507 e. The van der Waals surface area contributed by atoms with Crippen LogP contribution in [0.5, 0.6) is 5.75 Å². The predicted molar refractivity (Wildman–Crippen MR) is 82.4 cm³/mol. The predicted octanol–water partition coefficient (Wildman–Crippen LogP) is -0.885. The average Bonchev–Trinajstić information content (AvgIpc) is 2.51. The molecule has 120 valence electrons. The zero-order valence-corrected chi connectivity index (χ0v) is 12.0. The van der Waals surface area contributed by atoms with Crippen molar-refractivity contribution in [2.24, 2.45) is 5.10 Å². The van der Waals surface area contributed by atoms with Gasteiger partial charge in [0, 0.05) is 5.56 Å². The molecule has 0 aliphatic heterocycles. The Kier molecular flexibility index (Phi) is 4.87. The van der Waals surface area contributed by atoms with Crippen LogP contribution in [-0.4, -0.2) is 38.5 Å². The number of aromatic amines is 2. The number of para-hydroxylation sites is 1. The van der Waals surface area contributed by atoms with Crippen molar-refractivity contribution in [3.05, 3.63) is 50.7 Å². The number of amides is 1. The van der Waals surface area contributed by atoms with E-state index in [-0.39, 0.29) is 11.6 Å². The maximum absolute atomic E-state index is 11.8. The van der Waals surface area contributed by atoms with Crippen LogP contribution in [0.3, 0.4) is 0 Å². The number of aromatic hydroxyl groups is 1. The number of benzene rings is 1. The molecule has 2 rings (SSSR count). The molecule has 0 bridgehead atoms. The number of nitrogens with one attached hydrogen (secondary N) is 4. The fourth-order valence-electron chi connectivity index (χ4n) is 1.58. The molecule has 10 nitrogen and oxygen atoms in total. The van der Waals surface area contributed by atoms with Gasteiger partial charge in [-0.1, -0.05) is 12.1 Å². The van der Waals surface area contributed by atoms with Crippen LogP contribution in [0.15, 0.2) is 39.0 Å². The zero-order chi connectivity index (χ0) is 16.8. The summed E-state index contributed by atoms with van der Waals surface area (Å²) < 4.78 is 0. The third-order valence-corrected chi connectivity index (χ3v) is 2.77. The van der Waals surface area contributed by atoms with Crippen molar-refractivity contribution in [1.29, 1.82) is 0 Å². The van der Waals surface area contributed by atoms with Crippen LogP contribution in [0, 0.1) is 0 Å². The molecule has 0 saturated carbocycles. The summed E-state index contributed by atoms with van der Waals surface area (Å²) in [5, 5.41) is 21.3. The van der Waals surface area contributed by atoms with Crippen molar-refractivity contribution in [2.75, 3.05) is 5.32 Å². The highest BCUT2D eigenvalue weighted by Crippen LogP contribution is 2.12. The van der Waals surface area contributed by atoms with E-state index in [9.17, 15) is 19.5 Å². The second-order valence-corrected chi connectivity index (χ2v) is 4.51. The van der Waals surface area contributed by atoms with Crippen molar-refractivity contribution >= 4 is 17.9 Å². The summed E-state index contributed by atoms with van der Waals surface area (Å²) in [4.78, 5) is 36.1. The second-order valence-electron chi connectivity index (χ2n) is 4.51. The first kappa shape index (κ1) is 15.9. The molecule has 10 heteroatoms. The van der Waals surface area contributed by atoms with E-state index in [1.165, 1.54) is 19.2 Å². The van der Waals surface area contributed by atoms with Crippen LogP contribution in [-0.2, 0) is 4.79 Å². The van der Waals surface area contributed by atoms with Gasteiger partial charge in [0.1, 0.15) is 11.8 Å². The Hall–Kier alpha value is -3.43. The lowest BCUT2D eigenvalue weighted by atomic mass is 10.2. The van der Waals surface area contributed by atoms with E-state index in [0.717, 1.165) is 0 Å². The van der Waals surface area contributed by atoms with Crippen molar-refractivity contribution in [3.8, 4) is 5.75 Å². The molecule has 0 aliphatic carbocycles. The van der Waals surface area contributed by atoms with Crippen LogP contribution in [0.25, 0.3) is 0 Å². The van der Waals surface area contributed by atoms with Gasteiger partial charge in [-0.05, 0) is 19.1 Å². The minimum Gasteiger partial charge on any atom is -0.507 e. The molecule has 1 aromatic carbocycles. The first-order chi connectivity index (χ1) is 11.0. The minimum absolute atomic E-state index is 0.0284. The Bertz CT molecular complexity index is 841. The lowest BCUT2D eigenvalue weighted by Crippen LogP contribution is -2.38. The van der Waals surface area contributed by atoms with Gasteiger partial charge in [-0.2, -0.15) is 5.10 Å². The second kappa shape index (κ2) is 7.02. The molecule has 0 spiro atoms. The molecule has 0 radical (unpaired) electrons. The van der Waals surface area contributed by atoms with Gasteiger partial charge in [0.25, 0.3) is 11.5 Å². The van der Waals surface area contributed by atoms with Crippen LogP contribution in [0.2, 0.25) is 0 Å². The highest BCUT2D eigenvalue weighted by atomic mass is 16.3. The standard InChI is InChI=1S/C13H14N6O4/c1-7(15-10-12(22)16-13(23)19-17-10)11(21)18-14-6-8-4-2-3-5-9(8)20/h2-7,20H,1H3,(H,15,17)(H,18,21)(H2,16,19,22,23)/b14-6-/t7-/m1/s1. The zero-order valence-electron chi connectivity index (χ0n) is 12.0. The van der Waals surface area contributed by atoms with Gasteiger partial charge in [-0.25, -0.2) is 15.3 Å². The van der Waals surface area contributed by atoms with E-state index < -0.39 is 23.2 Å². The average molecular weight is 318 g/mol. The topological polar surface area (TPSA) is 152 Å². The number of hydrogen-bond acceptors (Lipinski definition) is 7. The highest BCUT2D eigenvalue weighted by Gasteiger charge is 2.14. The number of phenols is 1. The Morgan fingerprint density at radius 2 is 2.13 bits per heavy atom. The summed E-state index contributed by atoms with van der Waals surface area (Å²) in [5.41, 5.74) is 1.20. The van der Waals surface area contributed by atoms with Gasteiger partial charge in [0.15, 0.2) is 0 Å². The number of H-pyrrole nitrogens is 2. The number of nitrogens with zero attached hydrogens (tertiary/aromatic N) is 2. The third kappa shape index (κ3) is 4.27. The minimum atomic E-state index is -0.837. The summed E-state index contributed by atoms with van der Waals surface area (Å²) in [7, 11) is 0. The number of hydrazone groups is 1.